The number of anilines is 1. The molecule has 0 radical (unpaired) electrons. The van der Waals surface area contributed by atoms with Crippen LogP contribution in [0.2, 0.25) is 0 Å². The molecule has 0 amide bonds. The summed E-state index contributed by atoms with van der Waals surface area (Å²) >= 11 is 3.29. The Morgan fingerprint density at radius 1 is 1.16 bits per heavy atom. The molecule has 0 bridgehead atoms. The molecule has 10 heteroatoms. The molecule has 1 aliphatic heterocycles. The van der Waals surface area contributed by atoms with E-state index < -0.39 is 0 Å². The summed E-state index contributed by atoms with van der Waals surface area (Å²) in [7, 11) is 2.17. The second-order valence-electron chi connectivity index (χ2n) is 8.18. The lowest BCUT2D eigenvalue weighted by Crippen LogP contribution is -2.43. The molecule has 1 fully saturated rings. The molecule has 1 saturated heterocycles. The van der Waals surface area contributed by atoms with Crippen LogP contribution in [0.4, 0.5) is 5.13 Å². The van der Waals surface area contributed by atoms with Crippen LogP contribution in [0.5, 0.6) is 0 Å². The van der Waals surface area contributed by atoms with Gasteiger partial charge in [0.1, 0.15) is 10.7 Å². The van der Waals surface area contributed by atoms with Gasteiger partial charge in [-0.15, -0.1) is 0 Å². The average Bonchev–Trinajstić information content (AvgIpc) is 3.61. The number of hydrogen-bond acceptors (Lipinski definition) is 8. The Bertz CT molecular complexity index is 1330. The van der Waals surface area contributed by atoms with Gasteiger partial charge in [0.15, 0.2) is 14.8 Å². The number of nitrogens with one attached hydrogen (secondary N) is 2. The van der Waals surface area contributed by atoms with E-state index in [9.17, 15) is 0 Å². The molecular weight excluding hydrogens is 440 g/mol. The summed E-state index contributed by atoms with van der Waals surface area (Å²) in [4.78, 5) is 24.8. The van der Waals surface area contributed by atoms with E-state index in [0.29, 0.717) is 6.04 Å². The third-order valence-electron chi connectivity index (χ3n) is 6.43. The summed E-state index contributed by atoms with van der Waals surface area (Å²) < 4.78 is 0. The molecule has 6 rings (SSSR count). The van der Waals surface area contributed by atoms with Crippen molar-refractivity contribution >= 4 is 48.4 Å². The maximum Gasteiger partial charge on any atom is 0.188 e. The van der Waals surface area contributed by atoms with E-state index in [0.717, 1.165) is 54.1 Å². The molecule has 0 saturated carbocycles. The molecule has 8 nitrogen and oxygen atoms in total. The number of pyridine rings is 1. The minimum absolute atomic E-state index is 0.549. The highest BCUT2D eigenvalue weighted by atomic mass is 32.1. The van der Waals surface area contributed by atoms with Crippen molar-refractivity contribution in [3.8, 4) is 21.8 Å². The largest absolute Gasteiger partial charge is 0.359 e. The minimum Gasteiger partial charge on any atom is -0.359 e. The van der Waals surface area contributed by atoms with Crippen LogP contribution in [-0.2, 0) is 0 Å². The first kappa shape index (κ1) is 19.8. The number of piperidine rings is 1. The second-order valence-corrected chi connectivity index (χ2v) is 10.1. The van der Waals surface area contributed by atoms with Gasteiger partial charge in [-0.1, -0.05) is 29.6 Å². The SMILES string of the molecule is CCN1CCC(N(C)c2nc3sc(-c4ncc(-c5cn[nH]c5)c5cc[nH]c45)nc3s2)CC1. The number of likely N-dealkylation sites (tertiary alicyclic amines) is 1. The van der Waals surface area contributed by atoms with E-state index in [1.54, 1.807) is 22.7 Å². The van der Waals surface area contributed by atoms with Crippen LogP contribution >= 0.6 is 22.7 Å². The molecule has 6 heterocycles. The van der Waals surface area contributed by atoms with Crippen LogP contribution < -0.4 is 4.90 Å². The van der Waals surface area contributed by atoms with Crippen molar-refractivity contribution in [3.63, 3.8) is 0 Å². The number of fused-ring (bicyclic) bond motifs is 2. The Labute approximate surface area is 193 Å². The van der Waals surface area contributed by atoms with Gasteiger partial charge in [0, 0.05) is 61.3 Å². The van der Waals surface area contributed by atoms with Crippen molar-refractivity contribution in [3.05, 3.63) is 30.9 Å². The maximum atomic E-state index is 4.94. The molecule has 2 N–H and O–H groups in total. The first-order chi connectivity index (χ1) is 15.7. The lowest BCUT2D eigenvalue weighted by Gasteiger charge is -2.36. The Hall–Kier alpha value is -2.82. The molecule has 0 atom stereocenters. The Balaban J connectivity index is 1.30. The number of rotatable bonds is 5. The zero-order chi connectivity index (χ0) is 21.7. The van der Waals surface area contributed by atoms with Crippen LogP contribution in [0.25, 0.3) is 42.4 Å². The average molecular weight is 465 g/mol. The van der Waals surface area contributed by atoms with Crippen LogP contribution in [0.1, 0.15) is 19.8 Å². The third-order valence-corrected chi connectivity index (χ3v) is 8.55. The van der Waals surface area contributed by atoms with Gasteiger partial charge in [-0.2, -0.15) is 5.10 Å². The third kappa shape index (κ3) is 3.30. The summed E-state index contributed by atoms with van der Waals surface area (Å²) in [5, 5.41) is 10.0. The van der Waals surface area contributed by atoms with Gasteiger partial charge in [0.25, 0.3) is 0 Å². The van der Waals surface area contributed by atoms with Crippen LogP contribution in [0, 0.1) is 0 Å². The summed E-state index contributed by atoms with van der Waals surface area (Å²) in [6.45, 7) is 5.71. The Morgan fingerprint density at radius 3 is 2.75 bits per heavy atom. The second kappa shape index (κ2) is 7.95. The summed E-state index contributed by atoms with van der Waals surface area (Å²) in [5.41, 5.74) is 3.93. The Kier molecular flexibility index (Phi) is 4.93. The monoisotopic (exact) mass is 464 g/mol. The number of hydrogen-bond donors (Lipinski definition) is 2. The molecule has 5 aromatic rings. The van der Waals surface area contributed by atoms with Crippen LogP contribution in [0.15, 0.2) is 30.9 Å². The van der Waals surface area contributed by atoms with Crippen molar-refractivity contribution in [2.75, 3.05) is 31.6 Å². The van der Waals surface area contributed by atoms with E-state index in [1.807, 2.05) is 24.8 Å². The fourth-order valence-corrected chi connectivity index (χ4v) is 6.58. The zero-order valence-electron chi connectivity index (χ0n) is 18.0. The van der Waals surface area contributed by atoms with Gasteiger partial charge >= 0.3 is 0 Å². The number of nitrogens with zero attached hydrogens (tertiary/aromatic N) is 6. The van der Waals surface area contributed by atoms with Crippen LogP contribution in [-0.4, -0.2) is 67.8 Å². The standard InChI is InChI=1S/C22H24N8S2/c1-3-30-8-5-14(6-9-30)29(2)22-28-21-20(32-22)27-19(31-21)18-17-15(4-7-23-17)16(12-24-18)13-10-25-26-11-13/h4,7,10-12,14,23H,3,5-6,8-9H2,1-2H3,(H,25,26). The Morgan fingerprint density at radius 2 is 2.00 bits per heavy atom. The lowest BCUT2D eigenvalue weighted by molar-refractivity contribution is 0.221. The van der Waals surface area contributed by atoms with Gasteiger partial charge in [-0.3, -0.25) is 10.1 Å². The molecule has 0 aliphatic carbocycles. The highest BCUT2D eigenvalue weighted by molar-refractivity contribution is 7.29. The number of thiazole rings is 2. The molecule has 0 spiro atoms. The van der Waals surface area contributed by atoms with Crippen molar-refractivity contribution < 1.29 is 0 Å². The predicted molar refractivity (Wildman–Crippen MR) is 132 cm³/mol. The molecule has 164 valence electrons. The highest BCUT2D eigenvalue weighted by Gasteiger charge is 2.25. The maximum absolute atomic E-state index is 4.94. The summed E-state index contributed by atoms with van der Waals surface area (Å²) in [5.74, 6) is 0. The summed E-state index contributed by atoms with van der Waals surface area (Å²) in [6, 6.07) is 2.63. The number of H-pyrrole nitrogens is 2. The predicted octanol–water partition coefficient (Wildman–Crippen LogP) is 4.61. The van der Waals surface area contributed by atoms with E-state index in [2.05, 4.69) is 45.0 Å². The van der Waals surface area contributed by atoms with Crippen LogP contribution in [0.3, 0.4) is 0 Å². The fourth-order valence-electron chi connectivity index (χ4n) is 4.51. The molecule has 0 unspecified atom stereocenters. The fraction of sp³-hybridized carbons (Fsp3) is 0.364. The van der Waals surface area contributed by atoms with Crippen molar-refractivity contribution in [2.45, 2.75) is 25.8 Å². The molecule has 5 aromatic heterocycles. The van der Waals surface area contributed by atoms with E-state index >= 15 is 0 Å². The smallest absolute Gasteiger partial charge is 0.188 e. The van der Waals surface area contributed by atoms with E-state index in [1.165, 1.54) is 25.9 Å². The van der Waals surface area contributed by atoms with Gasteiger partial charge < -0.3 is 14.8 Å². The first-order valence-electron chi connectivity index (χ1n) is 10.9. The van der Waals surface area contributed by atoms with Gasteiger partial charge in [-0.05, 0) is 25.5 Å². The molecular formula is C22H24N8S2. The number of aromatic nitrogens is 6. The van der Waals surface area contributed by atoms with Gasteiger partial charge in [0.2, 0.25) is 0 Å². The van der Waals surface area contributed by atoms with Gasteiger partial charge in [-0.25, -0.2) is 9.97 Å². The van der Waals surface area contributed by atoms with Crippen molar-refractivity contribution in [1.29, 1.82) is 0 Å². The van der Waals surface area contributed by atoms with E-state index in [-0.39, 0.29) is 0 Å². The van der Waals surface area contributed by atoms with E-state index in [4.69, 9.17) is 15.0 Å². The van der Waals surface area contributed by atoms with Gasteiger partial charge in [0.05, 0.1) is 11.7 Å². The summed E-state index contributed by atoms with van der Waals surface area (Å²) in [6.07, 6.45) is 9.93. The number of aromatic amines is 2. The first-order valence-corrected chi connectivity index (χ1v) is 12.5. The quantitative estimate of drug-likeness (QED) is 0.395. The lowest BCUT2D eigenvalue weighted by atomic mass is 10.0. The van der Waals surface area contributed by atoms with Crippen molar-refractivity contribution in [2.24, 2.45) is 0 Å². The minimum atomic E-state index is 0.549. The zero-order valence-corrected chi connectivity index (χ0v) is 19.6. The molecule has 32 heavy (non-hydrogen) atoms. The molecule has 1 aliphatic rings. The normalized spacial score (nSPS) is 15.8. The topological polar surface area (TPSA) is 89.6 Å². The van der Waals surface area contributed by atoms with Crippen molar-refractivity contribution in [1.82, 2.24) is 35.0 Å². The molecule has 0 aromatic carbocycles. The highest BCUT2D eigenvalue weighted by Crippen LogP contribution is 2.39.